The predicted octanol–water partition coefficient (Wildman–Crippen LogP) is 2.48. The summed E-state index contributed by atoms with van der Waals surface area (Å²) in [5.74, 6) is -0.288. The molecule has 1 saturated heterocycles. The zero-order chi connectivity index (χ0) is 13.0. The largest absolute Gasteiger partial charge is 0.459 e. The van der Waals surface area contributed by atoms with Crippen LogP contribution in [0, 0.1) is 0 Å². The maximum atomic E-state index is 10.8. The van der Waals surface area contributed by atoms with Crippen molar-refractivity contribution in [3.8, 4) is 0 Å². The van der Waals surface area contributed by atoms with Crippen LogP contribution < -0.4 is 0 Å². The van der Waals surface area contributed by atoms with E-state index >= 15 is 0 Å². The van der Waals surface area contributed by atoms with Crippen LogP contribution in [0.2, 0.25) is 0 Å². The van der Waals surface area contributed by atoms with E-state index in [4.69, 9.17) is 18.3 Å². The lowest BCUT2D eigenvalue weighted by Gasteiger charge is -2.29. The van der Waals surface area contributed by atoms with Gasteiger partial charge >= 0.3 is 14.6 Å². The Morgan fingerprint density at radius 2 is 2.39 bits per heavy atom. The van der Waals surface area contributed by atoms with Crippen molar-refractivity contribution in [2.45, 2.75) is 38.6 Å². The molecule has 0 N–H and O–H groups in total. The zero-order valence-electron chi connectivity index (χ0n) is 10.4. The van der Waals surface area contributed by atoms with Crippen LogP contribution >= 0.6 is 8.60 Å². The third-order valence-corrected chi connectivity index (χ3v) is 3.73. The number of hydrogen-bond acceptors (Lipinski definition) is 5. The summed E-state index contributed by atoms with van der Waals surface area (Å²) in [5.41, 5.74) is 0. The topological polar surface area (TPSA) is 54.0 Å². The van der Waals surface area contributed by atoms with E-state index in [2.05, 4.69) is 0 Å². The first-order chi connectivity index (χ1) is 8.63. The van der Waals surface area contributed by atoms with Crippen molar-refractivity contribution in [3.05, 3.63) is 24.3 Å². The molecule has 0 aromatic heterocycles. The Kier molecular flexibility index (Phi) is 4.89. The molecule has 2 heterocycles. The smallest absolute Gasteiger partial charge is 0.334 e. The average Bonchev–Trinajstić information content (AvgIpc) is 2.47. The van der Waals surface area contributed by atoms with E-state index < -0.39 is 8.60 Å². The van der Waals surface area contributed by atoms with Crippen molar-refractivity contribution in [3.63, 3.8) is 0 Å². The molecule has 4 atom stereocenters. The number of carbonyl (C=O) groups excluding carboxylic acids is 1. The van der Waals surface area contributed by atoms with Crippen LogP contribution in [0.3, 0.4) is 0 Å². The van der Waals surface area contributed by atoms with Gasteiger partial charge in [0.2, 0.25) is 0 Å². The summed E-state index contributed by atoms with van der Waals surface area (Å²) in [5, 5.41) is 0. The van der Waals surface area contributed by atoms with E-state index in [1.807, 2.05) is 31.2 Å². The third-order valence-electron chi connectivity index (χ3n) is 2.48. The second kappa shape index (κ2) is 6.43. The lowest BCUT2D eigenvalue weighted by molar-refractivity contribution is -0.143. The van der Waals surface area contributed by atoms with Crippen LogP contribution in [-0.2, 0) is 23.1 Å². The number of carbonyl (C=O) groups is 1. The van der Waals surface area contributed by atoms with Gasteiger partial charge < -0.3 is 18.3 Å². The Balaban J connectivity index is 1.88. The molecule has 2 bridgehead atoms. The van der Waals surface area contributed by atoms with Crippen molar-refractivity contribution >= 4 is 14.6 Å². The molecule has 2 rings (SSSR count). The second-order valence-electron chi connectivity index (χ2n) is 4.17. The lowest BCUT2D eigenvalue weighted by atomic mass is 10.1. The molecule has 2 aliphatic heterocycles. The summed E-state index contributed by atoms with van der Waals surface area (Å²) in [6, 6.07) is 0. The van der Waals surface area contributed by atoms with Crippen molar-refractivity contribution in [1.82, 2.24) is 0 Å². The Labute approximate surface area is 108 Å². The first-order valence-electron chi connectivity index (χ1n) is 5.92. The van der Waals surface area contributed by atoms with Crippen LogP contribution in [0.25, 0.3) is 0 Å². The van der Waals surface area contributed by atoms with Gasteiger partial charge in [-0.3, -0.25) is 4.79 Å². The van der Waals surface area contributed by atoms with Gasteiger partial charge in [0.25, 0.3) is 0 Å². The van der Waals surface area contributed by atoms with E-state index in [9.17, 15) is 4.79 Å². The van der Waals surface area contributed by atoms with Crippen LogP contribution in [-0.4, -0.2) is 30.9 Å². The summed E-state index contributed by atoms with van der Waals surface area (Å²) >= 11 is 0. The highest BCUT2D eigenvalue weighted by Gasteiger charge is 2.31. The highest BCUT2D eigenvalue weighted by atomic mass is 31.2. The molecule has 5 nitrogen and oxygen atoms in total. The molecule has 0 spiro atoms. The second-order valence-corrected chi connectivity index (χ2v) is 5.30. The summed E-state index contributed by atoms with van der Waals surface area (Å²) in [6.45, 7) is 3.74. The zero-order valence-corrected chi connectivity index (χ0v) is 11.3. The molecule has 0 aromatic carbocycles. The monoisotopic (exact) mass is 272 g/mol. The van der Waals surface area contributed by atoms with E-state index in [1.54, 1.807) is 0 Å². The number of ether oxygens (including phenoxy) is 1. The number of hydrogen-bond donors (Lipinski definition) is 0. The van der Waals surface area contributed by atoms with Crippen molar-refractivity contribution in [2.24, 2.45) is 0 Å². The summed E-state index contributed by atoms with van der Waals surface area (Å²) in [7, 11) is -1.26. The molecular weight excluding hydrogens is 255 g/mol. The molecule has 3 unspecified atom stereocenters. The van der Waals surface area contributed by atoms with Gasteiger partial charge in [0.1, 0.15) is 6.10 Å². The molecular formula is C12H17O5P. The van der Waals surface area contributed by atoms with Crippen molar-refractivity contribution in [2.75, 3.05) is 6.61 Å². The molecule has 100 valence electrons. The first-order valence-corrected chi connectivity index (χ1v) is 7.02. The fourth-order valence-corrected chi connectivity index (χ4v) is 2.88. The molecule has 18 heavy (non-hydrogen) atoms. The highest BCUT2D eigenvalue weighted by molar-refractivity contribution is 7.41. The standard InChI is InChI=1S/C12H17O5P/c1-9(15-10(2)13)5-6-12-8-11-4-3-7-14-18(16-11)17-12/h3-6,9,11-12H,7-8H2,1-2H3/b6-5+/t9?,11-,12?,18?/m0/s1. The van der Waals surface area contributed by atoms with Crippen LogP contribution in [0.4, 0.5) is 0 Å². The predicted molar refractivity (Wildman–Crippen MR) is 66.7 cm³/mol. The minimum Gasteiger partial charge on any atom is -0.459 e. The SMILES string of the molecule is CC(=O)OC(C)/C=C/C1C[C@@H]2C=CCOP(O1)O2. The minimum atomic E-state index is -1.26. The van der Waals surface area contributed by atoms with Crippen molar-refractivity contribution in [1.29, 1.82) is 0 Å². The minimum absolute atomic E-state index is 0.0473. The van der Waals surface area contributed by atoms with E-state index in [0.717, 1.165) is 6.42 Å². The van der Waals surface area contributed by atoms with Crippen LogP contribution in [0.1, 0.15) is 20.3 Å². The Bertz CT molecular complexity index is 354. The molecule has 2 aliphatic rings. The molecule has 1 fully saturated rings. The number of rotatable bonds is 3. The first kappa shape index (κ1) is 13.7. The number of fused-ring (bicyclic) bond motifs is 2. The molecule has 0 saturated carbocycles. The summed E-state index contributed by atoms with van der Waals surface area (Å²) in [6.07, 6.45) is 8.17. The number of esters is 1. The van der Waals surface area contributed by atoms with Gasteiger partial charge in [0.05, 0.1) is 18.8 Å². The summed E-state index contributed by atoms with van der Waals surface area (Å²) in [4.78, 5) is 10.8. The Morgan fingerprint density at radius 3 is 3.17 bits per heavy atom. The van der Waals surface area contributed by atoms with Crippen LogP contribution in [0.5, 0.6) is 0 Å². The quantitative estimate of drug-likeness (QED) is 0.449. The molecule has 0 radical (unpaired) electrons. The normalized spacial score (nSPS) is 33.1. The maximum Gasteiger partial charge on any atom is 0.334 e. The fourth-order valence-electron chi connectivity index (χ4n) is 1.74. The van der Waals surface area contributed by atoms with Crippen molar-refractivity contribution < 1.29 is 23.1 Å². The third kappa shape index (κ3) is 4.18. The Morgan fingerprint density at radius 1 is 1.56 bits per heavy atom. The van der Waals surface area contributed by atoms with E-state index in [-0.39, 0.29) is 24.3 Å². The fraction of sp³-hybridized carbons (Fsp3) is 0.583. The van der Waals surface area contributed by atoms with Gasteiger partial charge in [-0.15, -0.1) is 0 Å². The van der Waals surface area contributed by atoms with Gasteiger partial charge in [-0.05, 0) is 13.0 Å². The Hall–Kier alpha value is -0.740. The van der Waals surface area contributed by atoms with Gasteiger partial charge in [0, 0.05) is 13.3 Å². The van der Waals surface area contributed by atoms with E-state index in [1.165, 1.54) is 6.92 Å². The van der Waals surface area contributed by atoms with E-state index in [0.29, 0.717) is 6.61 Å². The molecule has 6 heteroatoms. The van der Waals surface area contributed by atoms with Gasteiger partial charge in [0.15, 0.2) is 0 Å². The van der Waals surface area contributed by atoms with Gasteiger partial charge in [-0.25, -0.2) is 0 Å². The molecule has 0 aliphatic carbocycles. The molecule has 0 amide bonds. The summed E-state index contributed by atoms with van der Waals surface area (Å²) < 4.78 is 21.6. The molecule has 0 aromatic rings. The van der Waals surface area contributed by atoms with Gasteiger partial charge in [-0.1, -0.05) is 18.2 Å². The average molecular weight is 272 g/mol. The maximum absolute atomic E-state index is 10.8. The van der Waals surface area contributed by atoms with Crippen LogP contribution in [0.15, 0.2) is 24.3 Å². The lowest BCUT2D eigenvalue weighted by Crippen LogP contribution is -2.24. The van der Waals surface area contributed by atoms with Gasteiger partial charge in [-0.2, -0.15) is 0 Å². The highest BCUT2D eigenvalue weighted by Crippen LogP contribution is 2.48.